The Morgan fingerprint density at radius 3 is 2.14 bits per heavy atom. The van der Waals surface area contributed by atoms with E-state index in [1.165, 1.54) is 0 Å². The van der Waals surface area contributed by atoms with Crippen LogP contribution in [0.2, 0.25) is 5.02 Å². The van der Waals surface area contributed by atoms with E-state index in [-0.39, 0.29) is 0 Å². The predicted molar refractivity (Wildman–Crippen MR) is 83.6 cm³/mol. The zero-order valence-corrected chi connectivity index (χ0v) is 13.0. The first-order chi connectivity index (χ1) is 10.1. The second-order valence-corrected chi connectivity index (χ2v) is 4.80. The summed E-state index contributed by atoms with van der Waals surface area (Å²) in [7, 11) is 4.73. The molecule has 1 unspecified atom stereocenters. The van der Waals surface area contributed by atoms with Crippen LogP contribution in [0.15, 0.2) is 36.4 Å². The van der Waals surface area contributed by atoms with Crippen molar-refractivity contribution in [3.63, 3.8) is 0 Å². The van der Waals surface area contributed by atoms with E-state index in [1.54, 1.807) is 27.4 Å². The van der Waals surface area contributed by atoms with Gasteiger partial charge in [-0.2, -0.15) is 0 Å². The Balaban J connectivity index is 2.53. The first kappa shape index (κ1) is 15.5. The summed E-state index contributed by atoms with van der Waals surface area (Å²) in [6.45, 7) is 0. The van der Waals surface area contributed by atoms with Crippen molar-refractivity contribution >= 4 is 11.6 Å². The van der Waals surface area contributed by atoms with Crippen molar-refractivity contribution in [2.45, 2.75) is 6.04 Å². The van der Waals surface area contributed by atoms with Gasteiger partial charge >= 0.3 is 0 Å². The number of rotatable bonds is 5. The molecular weight excluding hydrogens is 290 g/mol. The highest BCUT2D eigenvalue weighted by atomic mass is 35.5. The maximum Gasteiger partial charge on any atom is 0.146 e. The van der Waals surface area contributed by atoms with Gasteiger partial charge in [0.05, 0.1) is 27.4 Å². The van der Waals surface area contributed by atoms with Gasteiger partial charge in [-0.05, 0) is 18.2 Å². The number of para-hydroxylation sites is 1. The summed E-state index contributed by atoms with van der Waals surface area (Å²) < 4.78 is 16.0. The highest BCUT2D eigenvalue weighted by Crippen LogP contribution is 2.41. The van der Waals surface area contributed by atoms with Crippen LogP contribution in [-0.4, -0.2) is 21.3 Å². The lowest BCUT2D eigenvalue weighted by molar-refractivity contribution is 0.388. The molecule has 2 N–H and O–H groups in total. The molecule has 5 heteroatoms. The first-order valence-electron chi connectivity index (χ1n) is 6.42. The van der Waals surface area contributed by atoms with Crippen molar-refractivity contribution in [1.29, 1.82) is 0 Å². The zero-order chi connectivity index (χ0) is 15.4. The highest BCUT2D eigenvalue weighted by molar-refractivity contribution is 6.33. The smallest absolute Gasteiger partial charge is 0.146 e. The first-order valence-corrected chi connectivity index (χ1v) is 6.80. The van der Waals surface area contributed by atoms with E-state index >= 15 is 0 Å². The molecule has 0 saturated heterocycles. The van der Waals surface area contributed by atoms with Crippen LogP contribution < -0.4 is 19.9 Å². The third kappa shape index (κ3) is 2.91. The van der Waals surface area contributed by atoms with Gasteiger partial charge in [0.15, 0.2) is 0 Å². The van der Waals surface area contributed by atoms with Crippen LogP contribution >= 0.6 is 11.6 Å². The fraction of sp³-hybridized carbons (Fsp3) is 0.250. The molecule has 2 aromatic carbocycles. The molecule has 2 aromatic rings. The second-order valence-electron chi connectivity index (χ2n) is 4.42. The van der Waals surface area contributed by atoms with Gasteiger partial charge in [-0.3, -0.25) is 0 Å². The maximum atomic E-state index is 6.37. The molecule has 0 aromatic heterocycles. The number of hydrogen-bond donors (Lipinski definition) is 1. The molecule has 0 spiro atoms. The van der Waals surface area contributed by atoms with Crippen molar-refractivity contribution in [2.75, 3.05) is 21.3 Å². The standard InChI is InChI=1S/C16H18ClNO3/c1-19-12-7-5-4-6-10(12)15(18)11-8-9-13(20-2)14(17)16(11)21-3/h4-9,15H,18H2,1-3H3. The second kappa shape index (κ2) is 6.70. The summed E-state index contributed by atoms with van der Waals surface area (Å²) in [6, 6.07) is 10.8. The maximum absolute atomic E-state index is 6.37. The van der Waals surface area contributed by atoms with Gasteiger partial charge in [0.25, 0.3) is 0 Å². The fourth-order valence-electron chi connectivity index (χ4n) is 2.25. The molecule has 0 aliphatic heterocycles. The Labute approximate surface area is 129 Å². The summed E-state index contributed by atoms with van der Waals surface area (Å²) >= 11 is 6.28. The van der Waals surface area contributed by atoms with E-state index in [1.807, 2.05) is 30.3 Å². The molecule has 1 atom stereocenters. The van der Waals surface area contributed by atoms with Crippen LogP contribution in [0.4, 0.5) is 0 Å². The Morgan fingerprint density at radius 1 is 0.857 bits per heavy atom. The summed E-state index contributed by atoms with van der Waals surface area (Å²) in [5, 5.41) is 0.405. The van der Waals surface area contributed by atoms with E-state index in [9.17, 15) is 0 Å². The molecule has 112 valence electrons. The molecule has 0 bridgehead atoms. The Morgan fingerprint density at radius 2 is 1.52 bits per heavy atom. The lowest BCUT2D eigenvalue weighted by Crippen LogP contribution is -2.14. The summed E-state index contributed by atoms with van der Waals surface area (Å²) in [4.78, 5) is 0. The largest absolute Gasteiger partial charge is 0.496 e. The average molecular weight is 308 g/mol. The molecule has 0 amide bonds. The minimum absolute atomic E-state index is 0.405. The quantitative estimate of drug-likeness (QED) is 0.919. The van der Waals surface area contributed by atoms with Crippen molar-refractivity contribution in [2.24, 2.45) is 5.73 Å². The fourth-order valence-corrected chi connectivity index (χ4v) is 2.58. The van der Waals surface area contributed by atoms with Crippen LogP contribution in [-0.2, 0) is 0 Å². The number of benzene rings is 2. The molecule has 0 fully saturated rings. The van der Waals surface area contributed by atoms with Crippen molar-refractivity contribution in [3.05, 3.63) is 52.5 Å². The third-order valence-corrected chi connectivity index (χ3v) is 3.68. The molecule has 21 heavy (non-hydrogen) atoms. The van der Waals surface area contributed by atoms with Gasteiger partial charge in [-0.15, -0.1) is 0 Å². The summed E-state index contributed by atoms with van der Waals surface area (Å²) in [6.07, 6.45) is 0. The number of methoxy groups -OCH3 is 3. The molecule has 0 heterocycles. The molecule has 0 aliphatic carbocycles. The van der Waals surface area contributed by atoms with Gasteiger partial charge in [-0.1, -0.05) is 29.8 Å². The van der Waals surface area contributed by atoms with Gasteiger partial charge < -0.3 is 19.9 Å². The Kier molecular flexibility index (Phi) is 4.94. The normalized spacial score (nSPS) is 11.9. The van der Waals surface area contributed by atoms with Gasteiger partial charge in [-0.25, -0.2) is 0 Å². The van der Waals surface area contributed by atoms with E-state index in [4.69, 9.17) is 31.5 Å². The summed E-state index contributed by atoms with van der Waals surface area (Å²) in [5.74, 6) is 1.78. The minimum atomic E-state index is -0.417. The molecule has 0 saturated carbocycles. The number of hydrogen-bond acceptors (Lipinski definition) is 4. The van der Waals surface area contributed by atoms with Crippen molar-refractivity contribution in [3.8, 4) is 17.2 Å². The van der Waals surface area contributed by atoms with Crippen LogP contribution in [0.3, 0.4) is 0 Å². The third-order valence-electron chi connectivity index (χ3n) is 3.33. The lowest BCUT2D eigenvalue weighted by atomic mass is 9.97. The van der Waals surface area contributed by atoms with E-state index < -0.39 is 6.04 Å². The SMILES string of the molecule is COc1ccccc1C(N)c1ccc(OC)c(Cl)c1OC. The topological polar surface area (TPSA) is 53.7 Å². The van der Waals surface area contributed by atoms with E-state index in [0.29, 0.717) is 16.5 Å². The number of ether oxygens (including phenoxy) is 3. The summed E-state index contributed by atoms with van der Waals surface area (Å²) in [5.41, 5.74) is 8.00. The lowest BCUT2D eigenvalue weighted by Gasteiger charge is -2.20. The monoisotopic (exact) mass is 307 g/mol. The minimum Gasteiger partial charge on any atom is -0.496 e. The number of halogens is 1. The average Bonchev–Trinajstić information content (AvgIpc) is 2.53. The highest BCUT2D eigenvalue weighted by Gasteiger charge is 2.21. The number of nitrogens with two attached hydrogens (primary N) is 1. The van der Waals surface area contributed by atoms with Crippen molar-refractivity contribution < 1.29 is 14.2 Å². The van der Waals surface area contributed by atoms with Gasteiger partial charge in [0.2, 0.25) is 0 Å². The van der Waals surface area contributed by atoms with Gasteiger partial charge in [0, 0.05) is 11.1 Å². The zero-order valence-electron chi connectivity index (χ0n) is 12.2. The molecule has 0 aliphatic rings. The van der Waals surface area contributed by atoms with Crippen LogP contribution in [0, 0.1) is 0 Å². The van der Waals surface area contributed by atoms with Crippen LogP contribution in [0.5, 0.6) is 17.2 Å². The molecule has 4 nitrogen and oxygen atoms in total. The molecular formula is C16H18ClNO3. The molecule has 2 rings (SSSR count). The molecule has 0 radical (unpaired) electrons. The van der Waals surface area contributed by atoms with Crippen LogP contribution in [0.1, 0.15) is 17.2 Å². The van der Waals surface area contributed by atoms with Gasteiger partial charge in [0.1, 0.15) is 22.3 Å². The van der Waals surface area contributed by atoms with E-state index in [0.717, 1.165) is 16.9 Å². The Hall–Kier alpha value is -1.91. The Bertz CT molecular complexity index is 631. The van der Waals surface area contributed by atoms with Crippen LogP contribution in [0.25, 0.3) is 0 Å². The van der Waals surface area contributed by atoms with E-state index in [2.05, 4.69) is 0 Å². The predicted octanol–water partition coefficient (Wildman–Crippen LogP) is 3.41. The van der Waals surface area contributed by atoms with Crippen molar-refractivity contribution in [1.82, 2.24) is 0 Å².